The molecule has 3 rings (SSSR count). The van der Waals surface area contributed by atoms with Gasteiger partial charge >= 0.3 is 0 Å². The molecule has 27 heavy (non-hydrogen) atoms. The van der Waals surface area contributed by atoms with Crippen molar-refractivity contribution in [2.45, 2.75) is 79.4 Å². The predicted octanol–water partition coefficient (Wildman–Crippen LogP) is 3.45. The number of carbonyl (C=O) groups excluding carboxylic acids is 2. The summed E-state index contributed by atoms with van der Waals surface area (Å²) in [6.45, 7) is 13.0. The average molecular weight is 375 g/mol. The molecule has 150 valence electrons. The quantitative estimate of drug-likeness (QED) is 0.830. The second-order valence-corrected chi connectivity index (χ2v) is 9.45. The maximum absolute atomic E-state index is 13.0. The minimum Gasteiger partial charge on any atom is -0.376 e. The van der Waals surface area contributed by atoms with E-state index in [1.54, 1.807) is 0 Å². The Labute approximate surface area is 162 Å². The van der Waals surface area contributed by atoms with Gasteiger partial charge in [-0.1, -0.05) is 27.7 Å². The van der Waals surface area contributed by atoms with Crippen molar-refractivity contribution >= 4 is 11.7 Å². The van der Waals surface area contributed by atoms with Crippen LogP contribution in [0.1, 0.15) is 74.3 Å². The highest BCUT2D eigenvalue weighted by Gasteiger charge is 2.37. The van der Waals surface area contributed by atoms with E-state index in [0.717, 1.165) is 54.9 Å². The van der Waals surface area contributed by atoms with Gasteiger partial charge in [-0.15, -0.1) is 0 Å². The first-order chi connectivity index (χ1) is 12.7. The average Bonchev–Trinajstić information content (AvgIpc) is 3.14. The summed E-state index contributed by atoms with van der Waals surface area (Å²) in [4.78, 5) is 25.5. The van der Waals surface area contributed by atoms with Gasteiger partial charge in [0, 0.05) is 43.1 Å². The van der Waals surface area contributed by atoms with Crippen LogP contribution in [-0.4, -0.2) is 35.5 Å². The molecule has 1 fully saturated rings. The predicted molar refractivity (Wildman–Crippen MR) is 106 cm³/mol. The highest BCUT2D eigenvalue weighted by Crippen LogP contribution is 2.39. The van der Waals surface area contributed by atoms with Gasteiger partial charge in [-0.3, -0.25) is 9.59 Å². The third-order valence-corrected chi connectivity index (χ3v) is 5.76. The third kappa shape index (κ3) is 4.45. The van der Waals surface area contributed by atoms with E-state index in [0.29, 0.717) is 18.9 Å². The summed E-state index contributed by atoms with van der Waals surface area (Å²) < 4.78 is 7.88. The van der Waals surface area contributed by atoms with Crippen LogP contribution in [-0.2, 0) is 28.9 Å². The van der Waals surface area contributed by atoms with Crippen LogP contribution in [0.4, 0.5) is 0 Å². The largest absolute Gasteiger partial charge is 0.376 e. The van der Waals surface area contributed by atoms with Gasteiger partial charge in [-0.25, -0.2) is 0 Å². The minimum atomic E-state index is -0.0249. The zero-order chi connectivity index (χ0) is 19.8. The Kier molecular flexibility index (Phi) is 5.80. The van der Waals surface area contributed by atoms with E-state index < -0.39 is 0 Å². The Morgan fingerprint density at radius 2 is 2.07 bits per heavy atom. The molecule has 0 bridgehead atoms. The van der Waals surface area contributed by atoms with Crippen molar-refractivity contribution in [1.29, 1.82) is 0 Å². The van der Waals surface area contributed by atoms with Gasteiger partial charge < -0.3 is 14.6 Å². The molecule has 1 aliphatic carbocycles. The molecule has 0 aromatic carbocycles. The van der Waals surface area contributed by atoms with Crippen molar-refractivity contribution in [3.63, 3.8) is 0 Å². The fraction of sp³-hybridized carbons (Fsp3) is 0.727. The molecule has 1 aromatic heterocycles. The van der Waals surface area contributed by atoms with Crippen LogP contribution in [0, 0.1) is 18.3 Å². The van der Waals surface area contributed by atoms with E-state index in [1.807, 2.05) is 0 Å². The number of nitrogens with one attached hydrogen (secondary N) is 1. The van der Waals surface area contributed by atoms with E-state index in [-0.39, 0.29) is 29.6 Å². The van der Waals surface area contributed by atoms with Gasteiger partial charge in [-0.2, -0.15) is 0 Å². The number of Topliss-reactive ketones (excluding diaryl/α,β-unsaturated/α-hetero) is 1. The van der Waals surface area contributed by atoms with Crippen LogP contribution < -0.4 is 5.32 Å². The normalized spacial score (nSPS) is 21.6. The molecule has 5 heteroatoms. The summed E-state index contributed by atoms with van der Waals surface area (Å²) in [5.41, 5.74) is 3.93. The number of ether oxygens (including phenoxy) is 1. The van der Waals surface area contributed by atoms with E-state index in [4.69, 9.17) is 4.74 Å². The first-order valence-electron chi connectivity index (χ1n) is 10.3. The van der Waals surface area contributed by atoms with Crippen molar-refractivity contribution < 1.29 is 14.3 Å². The molecular weight excluding hydrogens is 340 g/mol. The lowest BCUT2D eigenvalue weighted by Crippen LogP contribution is -2.33. The second-order valence-electron chi connectivity index (χ2n) is 9.45. The topological polar surface area (TPSA) is 60.3 Å². The van der Waals surface area contributed by atoms with Crippen molar-refractivity contribution in [2.24, 2.45) is 11.3 Å². The Morgan fingerprint density at radius 1 is 1.33 bits per heavy atom. The molecule has 1 amide bonds. The fourth-order valence-electron chi connectivity index (χ4n) is 4.49. The van der Waals surface area contributed by atoms with Crippen LogP contribution >= 0.6 is 0 Å². The van der Waals surface area contributed by atoms with Gasteiger partial charge in [0.2, 0.25) is 5.91 Å². The van der Waals surface area contributed by atoms with Crippen LogP contribution in [0.2, 0.25) is 0 Å². The highest BCUT2D eigenvalue weighted by molar-refractivity contribution is 6.01. The number of nitrogens with zero attached hydrogens (tertiary/aromatic N) is 1. The van der Waals surface area contributed by atoms with Crippen LogP contribution in [0.3, 0.4) is 0 Å². The molecule has 1 saturated heterocycles. The van der Waals surface area contributed by atoms with Crippen molar-refractivity contribution in [2.75, 3.05) is 13.2 Å². The molecule has 2 heterocycles. The molecule has 1 aliphatic heterocycles. The monoisotopic (exact) mass is 374 g/mol. The van der Waals surface area contributed by atoms with Gasteiger partial charge in [0.25, 0.3) is 0 Å². The molecule has 5 nitrogen and oxygen atoms in total. The summed E-state index contributed by atoms with van der Waals surface area (Å²) in [6.07, 6.45) is 3.92. The molecular formula is C22H34N2O3. The van der Waals surface area contributed by atoms with Crippen LogP contribution in [0.15, 0.2) is 0 Å². The van der Waals surface area contributed by atoms with Gasteiger partial charge in [0.05, 0.1) is 12.5 Å². The first kappa shape index (κ1) is 20.1. The fourth-order valence-corrected chi connectivity index (χ4v) is 4.49. The first-order valence-corrected chi connectivity index (χ1v) is 10.3. The molecule has 1 N–H and O–H groups in total. The number of hydrogen-bond acceptors (Lipinski definition) is 3. The molecule has 0 radical (unpaired) electrons. The number of carbonyl (C=O) groups is 2. The summed E-state index contributed by atoms with van der Waals surface area (Å²) in [5.74, 6) is 0.658. The summed E-state index contributed by atoms with van der Waals surface area (Å²) in [6, 6.07) is 0. The van der Waals surface area contributed by atoms with E-state index in [2.05, 4.69) is 44.5 Å². The standard InChI is InChI=1S/C22H34N2O3/c1-14(2)13-24-15(3)17(9-20(26)23-12-16-7-6-8-27-16)21-18(24)10-22(4,5)11-19(21)25/h14,16H,6-13H2,1-5H3,(H,23,26)/t16-/m0/s1. The number of ketones is 1. The summed E-state index contributed by atoms with van der Waals surface area (Å²) >= 11 is 0. The van der Waals surface area contributed by atoms with Crippen LogP contribution in [0.25, 0.3) is 0 Å². The van der Waals surface area contributed by atoms with Gasteiger partial charge in [0.1, 0.15) is 0 Å². The van der Waals surface area contributed by atoms with Crippen LogP contribution in [0.5, 0.6) is 0 Å². The highest BCUT2D eigenvalue weighted by atomic mass is 16.5. The lowest BCUT2D eigenvalue weighted by molar-refractivity contribution is -0.120. The maximum atomic E-state index is 13.0. The zero-order valence-corrected chi connectivity index (χ0v) is 17.5. The molecule has 1 atom stereocenters. The molecule has 0 unspecified atom stereocenters. The van der Waals surface area contributed by atoms with Crippen molar-refractivity contribution in [1.82, 2.24) is 9.88 Å². The van der Waals surface area contributed by atoms with E-state index in [1.165, 1.54) is 0 Å². The smallest absolute Gasteiger partial charge is 0.224 e. The Balaban J connectivity index is 1.85. The van der Waals surface area contributed by atoms with E-state index in [9.17, 15) is 9.59 Å². The van der Waals surface area contributed by atoms with Gasteiger partial charge in [0.15, 0.2) is 5.78 Å². The summed E-state index contributed by atoms with van der Waals surface area (Å²) in [5, 5.41) is 3.00. The SMILES string of the molecule is Cc1c(CC(=O)NC[C@@H]2CCCO2)c2c(n1CC(C)C)CC(C)(C)CC2=O. The minimum absolute atomic E-state index is 0.0178. The molecule has 2 aliphatic rings. The molecule has 0 spiro atoms. The second kappa shape index (κ2) is 7.78. The number of fused-ring (bicyclic) bond motifs is 1. The zero-order valence-electron chi connectivity index (χ0n) is 17.5. The molecule has 1 aromatic rings. The Hall–Kier alpha value is -1.62. The van der Waals surface area contributed by atoms with Crippen molar-refractivity contribution in [3.05, 3.63) is 22.5 Å². The summed E-state index contributed by atoms with van der Waals surface area (Å²) in [7, 11) is 0. The third-order valence-electron chi connectivity index (χ3n) is 5.76. The van der Waals surface area contributed by atoms with Crippen molar-refractivity contribution in [3.8, 4) is 0 Å². The molecule has 0 saturated carbocycles. The number of rotatable bonds is 6. The lowest BCUT2D eigenvalue weighted by atomic mass is 9.75. The Bertz CT molecular complexity index is 724. The van der Waals surface area contributed by atoms with Gasteiger partial charge in [-0.05, 0) is 43.1 Å². The lowest BCUT2D eigenvalue weighted by Gasteiger charge is -2.30. The number of amides is 1. The Morgan fingerprint density at radius 3 is 2.70 bits per heavy atom. The van der Waals surface area contributed by atoms with E-state index >= 15 is 0 Å². The maximum Gasteiger partial charge on any atom is 0.224 e. The number of hydrogen-bond donors (Lipinski definition) is 1. The number of aromatic nitrogens is 1.